The average molecular weight is 423 g/mol. The molecule has 0 atom stereocenters. The summed E-state index contributed by atoms with van der Waals surface area (Å²) in [6, 6.07) is 14.1. The minimum atomic E-state index is -0.277. The Kier molecular flexibility index (Phi) is 6.32. The quantitative estimate of drug-likeness (QED) is 0.584. The highest BCUT2D eigenvalue weighted by atomic mass is 19.1. The first-order valence-corrected chi connectivity index (χ1v) is 10.3. The van der Waals surface area contributed by atoms with Gasteiger partial charge in [0, 0.05) is 43.4 Å². The molecule has 0 N–H and O–H groups in total. The predicted octanol–water partition coefficient (Wildman–Crippen LogP) is 3.41. The molecular weight excluding hydrogens is 397 g/mol. The summed E-state index contributed by atoms with van der Waals surface area (Å²) < 4.78 is 26.6. The fraction of sp³-hybridized carbons (Fsp3) is 0.333. The summed E-state index contributed by atoms with van der Waals surface area (Å²) in [6.45, 7) is 1.63. The lowest BCUT2D eigenvalue weighted by Crippen LogP contribution is -2.37. The van der Waals surface area contributed by atoms with Gasteiger partial charge in [0.05, 0.1) is 32.4 Å². The Bertz CT molecular complexity index is 1060. The van der Waals surface area contributed by atoms with Crippen LogP contribution in [-0.4, -0.2) is 34.2 Å². The second-order valence-electron chi connectivity index (χ2n) is 7.67. The van der Waals surface area contributed by atoms with Crippen LogP contribution in [0.4, 0.5) is 4.39 Å². The summed E-state index contributed by atoms with van der Waals surface area (Å²) >= 11 is 0. The Balaban J connectivity index is 1.40. The number of aromatic nitrogens is 2. The fourth-order valence-corrected chi connectivity index (χ4v) is 3.90. The smallest absolute Gasteiger partial charge is 0.227 e. The second-order valence-corrected chi connectivity index (χ2v) is 7.67. The number of methoxy groups -OCH3 is 1. The highest BCUT2D eigenvalue weighted by Gasteiger charge is 2.26. The van der Waals surface area contributed by atoms with Crippen LogP contribution < -0.4 is 4.74 Å². The predicted molar refractivity (Wildman–Crippen MR) is 114 cm³/mol. The highest BCUT2D eigenvalue weighted by Crippen LogP contribution is 2.24. The monoisotopic (exact) mass is 423 g/mol. The van der Waals surface area contributed by atoms with E-state index in [0.717, 1.165) is 34.7 Å². The zero-order valence-electron chi connectivity index (χ0n) is 17.8. The number of ether oxygens (including phenoxy) is 2. The van der Waals surface area contributed by atoms with E-state index in [-0.39, 0.29) is 24.9 Å². The van der Waals surface area contributed by atoms with Crippen LogP contribution >= 0.6 is 0 Å². The van der Waals surface area contributed by atoms with Gasteiger partial charge in [0.15, 0.2) is 0 Å². The van der Waals surface area contributed by atoms with E-state index >= 15 is 0 Å². The molecule has 1 amide bonds. The van der Waals surface area contributed by atoms with E-state index < -0.39 is 0 Å². The zero-order chi connectivity index (χ0) is 21.8. The summed E-state index contributed by atoms with van der Waals surface area (Å²) in [6.07, 6.45) is 1.10. The maximum Gasteiger partial charge on any atom is 0.227 e. The molecule has 3 aromatic rings. The van der Waals surface area contributed by atoms with Crippen molar-refractivity contribution in [3.8, 4) is 5.75 Å². The summed E-state index contributed by atoms with van der Waals surface area (Å²) in [5.41, 5.74) is 4.43. The molecule has 162 valence electrons. The Hall–Kier alpha value is -3.19. The molecule has 0 bridgehead atoms. The topological polar surface area (TPSA) is 56.6 Å². The van der Waals surface area contributed by atoms with Crippen molar-refractivity contribution in [2.75, 3.05) is 13.7 Å². The third-order valence-electron chi connectivity index (χ3n) is 5.65. The molecule has 0 saturated heterocycles. The van der Waals surface area contributed by atoms with Crippen molar-refractivity contribution in [1.29, 1.82) is 0 Å². The molecule has 2 aromatic carbocycles. The number of rotatable bonds is 7. The normalized spacial score (nSPS) is 13.2. The van der Waals surface area contributed by atoms with E-state index in [9.17, 15) is 9.18 Å². The number of halogens is 1. The van der Waals surface area contributed by atoms with Gasteiger partial charge in [-0.2, -0.15) is 5.10 Å². The molecule has 0 fully saturated rings. The first kappa shape index (κ1) is 21.1. The first-order chi connectivity index (χ1) is 15.0. The third kappa shape index (κ3) is 4.77. The number of aryl methyl sites for hydroxylation is 1. The van der Waals surface area contributed by atoms with E-state index in [4.69, 9.17) is 9.47 Å². The van der Waals surface area contributed by atoms with E-state index in [1.165, 1.54) is 6.07 Å². The van der Waals surface area contributed by atoms with Gasteiger partial charge in [0.2, 0.25) is 5.91 Å². The van der Waals surface area contributed by atoms with Crippen molar-refractivity contribution in [3.63, 3.8) is 0 Å². The molecule has 1 aliphatic heterocycles. The van der Waals surface area contributed by atoms with Crippen molar-refractivity contribution < 1.29 is 18.7 Å². The van der Waals surface area contributed by atoms with Gasteiger partial charge >= 0.3 is 0 Å². The number of hydrogen-bond acceptors (Lipinski definition) is 4. The molecule has 6 nitrogen and oxygen atoms in total. The van der Waals surface area contributed by atoms with Crippen LogP contribution in [0.1, 0.15) is 28.1 Å². The van der Waals surface area contributed by atoms with Gasteiger partial charge < -0.3 is 14.4 Å². The maximum atomic E-state index is 13.8. The number of carbonyl (C=O) groups excluding carboxylic acids is 1. The van der Waals surface area contributed by atoms with Gasteiger partial charge in [0.1, 0.15) is 11.6 Å². The second kappa shape index (κ2) is 9.31. The van der Waals surface area contributed by atoms with Crippen LogP contribution in [0.15, 0.2) is 48.5 Å². The molecule has 1 aromatic heterocycles. The standard InChI is InChI=1S/C24H26FN3O3/c1-27-23-11-12-28(24(29)13-17-7-9-19(30-2)10-8-17)14-20(23)22(26-27)16-31-15-18-5-3-4-6-21(18)25/h3-10H,11-16H2,1-2H3. The van der Waals surface area contributed by atoms with E-state index in [0.29, 0.717) is 25.1 Å². The number of hydrogen-bond donors (Lipinski definition) is 0. The molecule has 1 aliphatic rings. The fourth-order valence-electron chi connectivity index (χ4n) is 3.90. The molecule has 2 heterocycles. The van der Waals surface area contributed by atoms with Crippen LogP contribution in [0.3, 0.4) is 0 Å². The van der Waals surface area contributed by atoms with Gasteiger partial charge in [-0.3, -0.25) is 9.48 Å². The van der Waals surface area contributed by atoms with Crippen LogP contribution in [0, 0.1) is 5.82 Å². The Morgan fingerprint density at radius 1 is 1.13 bits per heavy atom. The lowest BCUT2D eigenvalue weighted by Gasteiger charge is -2.28. The minimum absolute atomic E-state index is 0.0814. The SMILES string of the molecule is COc1ccc(CC(=O)N2CCc3c(c(COCc4ccccc4F)nn3C)C2)cc1. The molecule has 0 saturated carbocycles. The van der Waals surface area contributed by atoms with Gasteiger partial charge in [-0.15, -0.1) is 0 Å². The van der Waals surface area contributed by atoms with Crippen molar-refractivity contribution >= 4 is 5.91 Å². The van der Waals surface area contributed by atoms with Crippen LogP contribution in [-0.2, 0) is 49.2 Å². The average Bonchev–Trinajstić information content (AvgIpc) is 3.10. The number of fused-ring (bicyclic) bond motifs is 1. The number of benzene rings is 2. The van der Waals surface area contributed by atoms with Crippen LogP contribution in [0.25, 0.3) is 0 Å². The van der Waals surface area contributed by atoms with Crippen molar-refractivity contribution in [1.82, 2.24) is 14.7 Å². The Morgan fingerprint density at radius 2 is 1.90 bits per heavy atom. The summed E-state index contributed by atoms with van der Waals surface area (Å²) in [7, 11) is 3.53. The lowest BCUT2D eigenvalue weighted by atomic mass is 10.0. The zero-order valence-corrected chi connectivity index (χ0v) is 17.8. The third-order valence-corrected chi connectivity index (χ3v) is 5.65. The summed E-state index contributed by atoms with van der Waals surface area (Å²) in [5.74, 6) is 0.577. The van der Waals surface area contributed by atoms with Gasteiger partial charge in [0.25, 0.3) is 0 Å². The molecule has 7 heteroatoms. The summed E-state index contributed by atoms with van der Waals surface area (Å²) in [4.78, 5) is 14.8. The van der Waals surface area contributed by atoms with E-state index in [1.807, 2.05) is 40.9 Å². The van der Waals surface area contributed by atoms with Gasteiger partial charge in [-0.25, -0.2) is 4.39 Å². The maximum absolute atomic E-state index is 13.8. The van der Waals surface area contributed by atoms with E-state index in [1.54, 1.807) is 25.3 Å². The number of carbonyl (C=O) groups is 1. The Labute approximate surface area is 181 Å². The molecular formula is C24H26FN3O3. The molecule has 0 unspecified atom stereocenters. The first-order valence-electron chi connectivity index (χ1n) is 10.3. The largest absolute Gasteiger partial charge is 0.497 e. The molecule has 0 spiro atoms. The molecule has 0 aliphatic carbocycles. The van der Waals surface area contributed by atoms with E-state index in [2.05, 4.69) is 5.10 Å². The lowest BCUT2D eigenvalue weighted by molar-refractivity contribution is -0.131. The Morgan fingerprint density at radius 3 is 2.65 bits per heavy atom. The highest BCUT2D eigenvalue weighted by molar-refractivity contribution is 5.79. The van der Waals surface area contributed by atoms with Crippen molar-refractivity contribution in [3.05, 3.63) is 82.4 Å². The molecule has 0 radical (unpaired) electrons. The van der Waals surface area contributed by atoms with Gasteiger partial charge in [-0.05, 0) is 23.8 Å². The van der Waals surface area contributed by atoms with Gasteiger partial charge in [-0.1, -0.05) is 30.3 Å². The summed E-state index contributed by atoms with van der Waals surface area (Å²) in [5, 5.41) is 4.59. The van der Waals surface area contributed by atoms with Crippen molar-refractivity contribution in [2.24, 2.45) is 7.05 Å². The molecule has 31 heavy (non-hydrogen) atoms. The molecule has 4 rings (SSSR count). The minimum Gasteiger partial charge on any atom is -0.497 e. The number of amides is 1. The van der Waals surface area contributed by atoms with Crippen LogP contribution in [0.5, 0.6) is 5.75 Å². The van der Waals surface area contributed by atoms with Crippen LogP contribution in [0.2, 0.25) is 0 Å². The van der Waals surface area contributed by atoms with Crippen molar-refractivity contribution in [2.45, 2.75) is 32.6 Å². The number of nitrogens with zero attached hydrogens (tertiary/aromatic N) is 3.